The molecule has 3 aromatic rings. The van der Waals surface area contributed by atoms with Crippen molar-refractivity contribution in [2.24, 2.45) is 0 Å². The van der Waals surface area contributed by atoms with E-state index in [4.69, 9.17) is 14.2 Å². The molecular weight excluding hydrogens is 288 g/mol. The van der Waals surface area contributed by atoms with Crippen molar-refractivity contribution in [3.63, 3.8) is 0 Å². The highest BCUT2D eigenvalue weighted by atomic mass is 32.1. The summed E-state index contributed by atoms with van der Waals surface area (Å²) in [7, 11) is 4.73. The van der Waals surface area contributed by atoms with Gasteiger partial charge in [-0.05, 0) is 24.3 Å². The van der Waals surface area contributed by atoms with Crippen LogP contribution in [0.1, 0.15) is 0 Å². The number of hydrogen-bond donors (Lipinski definition) is 0. The van der Waals surface area contributed by atoms with Crippen molar-refractivity contribution in [3.8, 4) is 17.2 Å². The summed E-state index contributed by atoms with van der Waals surface area (Å²) in [6, 6.07) is 9.08. The van der Waals surface area contributed by atoms with E-state index in [1.807, 2.05) is 18.2 Å². The van der Waals surface area contributed by atoms with Crippen molar-refractivity contribution in [3.05, 3.63) is 40.6 Å². The zero-order valence-corrected chi connectivity index (χ0v) is 12.7. The monoisotopic (exact) mass is 302 g/mol. The molecule has 0 aliphatic rings. The lowest BCUT2D eigenvalue weighted by Crippen LogP contribution is -2.02. The van der Waals surface area contributed by atoms with Gasteiger partial charge in [-0.15, -0.1) is 11.3 Å². The molecule has 0 radical (unpaired) electrons. The smallest absolute Gasteiger partial charge is 0.196 e. The Morgan fingerprint density at radius 2 is 1.48 bits per heavy atom. The zero-order valence-electron chi connectivity index (χ0n) is 11.9. The van der Waals surface area contributed by atoms with E-state index in [1.54, 1.807) is 44.8 Å². The second-order valence-corrected chi connectivity index (χ2v) is 5.58. The molecule has 21 heavy (non-hydrogen) atoms. The molecule has 108 valence electrons. The van der Waals surface area contributed by atoms with E-state index in [9.17, 15) is 4.79 Å². The number of ether oxygens (including phenoxy) is 3. The Hall–Kier alpha value is -2.27. The average molecular weight is 302 g/mol. The highest BCUT2D eigenvalue weighted by molar-refractivity contribution is 7.24. The lowest BCUT2D eigenvalue weighted by atomic mass is 10.1. The van der Waals surface area contributed by atoms with Crippen LogP contribution in [-0.4, -0.2) is 21.3 Å². The molecule has 0 saturated carbocycles. The number of benzene rings is 2. The molecule has 1 heterocycles. The second kappa shape index (κ2) is 5.26. The van der Waals surface area contributed by atoms with Gasteiger partial charge in [0.25, 0.3) is 0 Å². The quantitative estimate of drug-likeness (QED) is 0.695. The first-order valence-electron chi connectivity index (χ1n) is 6.34. The lowest BCUT2D eigenvalue weighted by molar-refractivity contribution is 0.356. The Labute approximate surface area is 125 Å². The molecule has 0 aliphatic heterocycles. The van der Waals surface area contributed by atoms with Crippen LogP contribution >= 0.6 is 11.3 Å². The third-order valence-electron chi connectivity index (χ3n) is 3.38. The van der Waals surface area contributed by atoms with Crippen LogP contribution in [0.15, 0.2) is 35.1 Å². The van der Waals surface area contributed by atoms with E-state index in [0.717, 1.165) is 9.40 Å². The van der Waals surface area contributed by atoms with Gasteiger partial charge in [-0.1, -0.05) is 0 Å². The van der Waals surface area contributed by atoms with E-state index in [-0.39, 0.29) is 5.43 Å². The molecule has 3 rings (SSSR count). The largest absolute Gasteiger partial charge is 0.497 e. The highest BCUT2D eigenvalue weighted by Gasteiger charge is 2.12. The number of rotatable bonds is 3. The predicted octanol–water partition coefficient (Wildman–Crippen LogP) is 3.44. The molecule has 0 bridgehead atoms. The van der Waals surface area contributed by atoms with E-state index < -0.39 is 0 Å². The molecule has 0 saturated heterocycles. The van der Waals surface area contributed by atoms with Crippen LogP contribution < -0.4 is 19.6 Å². The van der Waals surface area contributed by atoms with Gasteiger partial charge in [-0.3, -0.25) is 4.79 Å². The first kappa shape index (κ1) is 13.7. The molecule has 5 heteroatoms. The Balaban J connectivity index is 2.42. The van der Waals surface area contributed by atoms with Crippen molar-refractivity contribution in [1.82, 2.24) is 0 Å². The summed E-state index contributed by atoms with van der Waals surface area (Å²) in [6.45, 7) is 0. The summed E-state index contributed by atoms with van der Waals surface area (Å²) in [5.74, 6) is 1.84. The maximum atomic E-state index is 12.7. The van der Waals surface area contributed by atoms with Crippen molar-refractivity contribution in [2.75, 3.05) is 21.3 Å². The first-order valence-corrected chi connectivity index (χ1v) is 7.16. The normalized spacial score (nSPS) is 10.8. The minimum absolute atomic E-state index is 0.0291. The topological polar surface area (TPSA) is 44.8 Å². The standard InChI is InChI=1S/C16H14O4S/c1-18-9-4-5-14-10(6-9)16(17)11-7-12(19-2)13(20-3)8-15(11)21-14/h4-8H,1-3H3. The minimum atomic E-state index is -0.0291. The van der Waals surface area contributed by atoms with Crippen molar-refractivity contribution < 1.29 is 14.2 Å². The fraction of sp³-hybridized carbons (Fsp3) is 0.188. The molecule has 2 aromatic carbocycles. The summed E-state index contributed by atoms with van der Waals surface area (Å²) < 4.78 is 17.5. The van der Waals surface area contributed by atoms with Crippen LogP contribution in [0, 0.1) is 0 Å². The Morgan fingerprint density at radius 1 is 0.810 bits per heavy atom. The van der Waals surface area contributed by atoms with E-state index in [1.165, 1.54) is 0 Å². The van der Waals surface area contributed by atoms with Gasteiger partial charge in [0.05, 0.1) is 21.3 Å². The number of hydrogen-bond acceptors (Lipinski definition) is 5. The van der Waals surface area contributed by atoms with Crippen LogP contribution in [0.3, 0.4) is 0 Å². The van der Waals surface area contributed by atoms with Crippen LogP contribution in [-0.2, 0) is 0 Å². The minimum Gasteiger partial charge on any atom is -0.497 e. The third kappa shape index (κ3) is 2.19. The maximum Gasteiger partial charge on any atom is 0.196 e. The van der Waals surface area contributed by atoms with Crippen LogP contribution in [0.5, 0.6) is 17.2 Å². The van der Waals surface area contributed by atoms with Gasteiger partial charge in [0, 0.05) is 26.2 Å². The maximum absolute atomic E-state index is 12.7. The van der Waals surface area contributed by atoms with Gasteiger partial charge in [0.1, 0.15) is 5.75 Å². The van der Waals surface area contributed by atoms with Gasteiger partial charge < -0.3 is 14.2 Å². The summed E-state index contributed by atoms with van der Waals surface area (Å²) >= 11 is 1.54. The summed E-state index contributed by atoms with van der Waals surface area (Å²) in [5.41, 5.74) is -0.0291. The zero-order chi connectivity index (χ0) is 15.0. The van der Waals surface area contributed by atoms with Gasteiger partial charge in [-0.25, -0.2) is 0 Å². The molecule has 0 atom stereocenters. The fourth-order valence-electron chi connectivity index (χ4n) is 2.29. The van der Waals surface area contributed by atoms with Crippen molar-refractivity contribution >= 4 is 31.5 Å². The molecule has 0 unspecified atom stereocenters. The first-order chi connectivity index (χ1) is 10.2. The summed E-state index contributed by atoms with van der Waals surface area (Å²) in [4.78, 5) is 12.7. The SMILES string of the molecule is COc1ccc2sc3cc(OC)c(OC)cc3c(=O)c2c1. The Bertz CT molecular complexity index is 883. The van der Waals surface area contributed by atoms with E-state index in [0.29, 0.717) is 28.0 Å². The average Bonchev–Trinajstić information content (AvgIpc) is 2.53. The molecule has 4 nitrogen and oxygen atoms in total. The van der Waals surface area contributed by atoms with Crippen molar-refractivity contribution in [1.29, 1.82) is 0 Å². The summed E-state index contributed by atoms with van der Waals surface area (Å²) in [6.07, 6.45) is 0. The van der Waals surface area contributed by atoms with E-state index in [2.05, 4.69) is 0 Å². The second-order valence-electron chi connectivity index (χ2n) is 4.50. The molecule has 0 fully saturated rings. The molecule has 0 N–H and O–H groups in total. The molecule has 1 aromatic heterocycles. The third-order valence-corrected chi connectivity index (χ3v) is 4.52. The summed E-state index contributed by atoms with van der Waals surface area (Å²) in [5, 5.41) is 1.28. The van der Waals surface area contributed by atoms with Crippen LogP contribution in [0.2, 0.25) is 0 Å². The Kier molecular flexibility index (Phi) is 3.43. The fourth-order valence-corrected chi connectivity index (χ4v) is 3.35. The molecule has 0 amide bonds. The van der Waals surface area contributed by atoms with Gasteiger partial charge in [-0.2, -0.15) is 0 Å². The predicted molar refractivity (Wildman–Crippen MR) is 85.3 cm³/mol. The number of fused-ring (bicyclic) bond motifs is 2. The lowest BCUT2D eigenvalue weighted by Gasteiger charge is -2.09. The van der Waals surface area contributed by atoms with Crippen LogP contribution in [0.25, 0.3) is 20.2 Å². The molecule has 0 aliphatic carbocycles. The van der Waals surface area contributed by atoms with Gasteiger partial charge >= 0.3 is 0 Å². The van der Waals surface area contributed by atoms with Gasteiger partial charge in [0.15, 0.2) is 16.9 Å². The van der Waals surface area contributed by atoms with Crippen molar-refractivity contribution in [2.45, 2.75) is 0 Å². The highest BCUT2D eigenvalue weighted by Crippen LogP contribution is 2.35. The van der Waals surface area contributed by atoms with Crippen LogP contribution in [0.4, 0.5) is 0 Å². The molecule has 0 spiro atoms. The van der Waals surface area contributed by atoms with Gasteiger partial charge in [0.2, 0.25) is 0 Å². The number of methoxy groups -OCH3 is 3. The van der Waals surface area contributed by atoms with E-state index >= 15 is 0 Å². The Morgan fingerprint density at radius 3 is 2.14 bits per heavy atom. The molecular formula is C16H14O4S.